The molecule has 0 atom stereocenters. The van der Waals surface area contributed by atoms with Crippen molar-refractivity contribution >= 4 is 56.0 Å². The maximum atomic E-state index is 13.8. The predicted molar refractivity (Wildman–Crippen MR) is 111 cm³/mol. The molecule has 0 aliphatic carbocycles. The first-order chi connectivity index (χ1) is 14.0. The van der Waals surface area contributed by atoms with Gasteiger partial charge >= 0.3 is 0 Å². The molecule has 0 saturated carbocycles. The molecule has 0 radical (unpaired) electrons. The van der Waals surface area contributed by atoms with E-state index in [0.29, 0.717) is 26.7 Å². The lowest BCUT2D eigenvalue weighted by Crippen LogP contribution is -2.15. The molecular weight excluding hydrogens is 438 g/mol. The number of hydrogen-bond donors (Lipinski definition) is 1. The van der Waals surface area contributed by atoms with Gasteiger partial charge in [0.2, 0.25) is 0 Å². The van der Waals surface area contributed by atoms with Crippen LogP contribution in [0.25, 0.3) is 10.2 Å². The minimum absolute atomic E-state index is 0.0249. The number of benzene rings is 2. The fraction of sp³-hybridized carbons (Fsp3) is 0.0526. The van der Waals surface area contributed by atoms with Crippen molar-refractivity contribution in [1.29, 1.82) is 0 Å². The van der Waals surface area contributed by atoms with E-state index in [2.05, 4.69) is 20.3 Å². The Morgan fingerprint density at radius 1 is 1.17 bits per heavy atom. The van der Waals surface area contributed by atoms with Gasteiger partial charge in [-0.2, -0.15) is 0 Å². The van der Waals surface area contributed by atoms with Crippen LogP contribution in [0.2, 0.25) is 5.02 Å². The molecule has 0 bridgehead atoms. The number of nitrogens with one attached hydrogen (secondary N) is 1. The van der Waals surface area contributed by atoms with E-state index in [4.69, 9.17) is 11.6 Å². The van der Waals surface area contributed by atoms with E-state index in [1.54, 1.807) is 18.2 Å². The Morgan fingerprint density at radius 2 is 2.00 bits per heavy atom. The highest BCUT2D eigenvalue weighted by atomic mass is 35.5. The van der Waals surface area contributed by atoms with Gasteiger partial charge in [-0.3, -0.25) is 10.1 Å². The number of amides is 1. The SMILES string of the molecule is O=C(Nc1nc2ccc(F)cc2s1)c1nc(SCc2ccccc2F)ncc1Cl. The van der Waals surface area contributed by atoms with Gasteiger partial charge in [-0.05, 0) is 29.8 Å². The van der Waals surface area contributed by atoms with Crippen molar-refractivity contribution in [3.05, 3.63) is 76.6 Å². The Kier molecular flexibility index (Phi) is 5.70. The van der Waals surface area contributed by atoms with Crippen LogP contribution in [-0.4, -0.2) is 20.9 Å². The molecule has 0 aliphatic rings. The third kappa shape index (κ3) is 4.52. The number of anilines is 1. The van der Waals surface area contributed by atoms with Crippen molar-refractivity contribution in [2.24, 2.45) is 0 Å². The summed E-state index contributed by atoms with van der Waals surface area (Å²) in [5.41, 5.74) is 1.05. The van der Waals surface area contributed by atoms with E-state index in [1.165, 1.54) is 42.2 Å². The molecule has 29 heavy (non-hydrogen) atoms. The van der Waals surface area contributed by atoms with Crippen LogP contribution in [0.5, 0.6) is 0 Å². The number of nitrogens with zero attached hydrogens (tertiary/aromatic N) is 3. The van der Waals surface area contributed by atoms with Gasteiger partial charge in [-0.15, -0.1) is 0 Å². The Bertz CT molecular complexity index is 1220. The van der Waals surface area contributed by atoms with Crippen LogP contribution in [0.1, 0.15) is 16.1 Å². The summed E-state index contributed by atoms with van der Waals surface area (Å²) in [6, 6.07) is 10.6. The van der Waals surface area contributed by atoms with Crippen LogP contribution in [0, 0.1) is 11.6 Å². The van der Waals surface area contributed by atoms with Gasteiger partial charge in [-0.1, -0.05) is 52.9 Å². The topological polar surface area (TPSA) is 67.8 Å². The van der Waals surface area contributed by atoms with Crippen LogP contribution in [-0.2, 0) is 5.75 Å². The Balaban J connectivity index is 1.51. The van der Waals surface area contributed by atoms with Crippen LogP contribution in [0.3, 0.4) is 0 Å². The highest BCUT2D eigenvalue weighted by molar-refractivity contribution is 7.98. The van der Waals surface area contributed by atoms with Crippen LogP contribution >= 0.6 is 34.7 Å². The van der Waals surface area contributed by atoms with Gasteiger partial charge in [0.25, 0.3) is 5.91 Å². The highest BCUT2D eigenvalue weighted by Crippen LogP contribution is 2.28. The molecule has 0 unspecified atom stereocenters. The monoisotopic (exact) mass is 448 g/mol. The maximum absolute atomic E-state index is 13.8. The smallest absolute Gasteiger partial charge is 0.277 e. The van der Waals surface area contributed by atoms with Gasteiger partial charge in [0, 0.05) is 5.75 Å². The molecule has 0 saturated heterocycles. The van der Waals surface area contributed by atoms with E-state index in [1.807, 2.05) is 0 Å². The van der Waals surface area contributed by atoms with Gasteiger partial charge in [0.05, 0.1) is 21.4 Å². The summed E-state index contributed by atoms with van der Waals surface area (Å²) in [7, 11) is 0. The summed E-state index contributed by atoms with van der Waals surface area (Å²) in [4.78, 5) is 25.1. The summed E-state index contributed by atoms with van der Waals surface area (Å²) in [6.07, 6.45) is 1.32. The molecular formula is C19H11ClF2N4OS2. The minimum atomic E-state index is -0.565. The molecule has 0 aliphatic heterocycles. The number of carbonyl (C=O) groups is 1. The largest absolute Gasteiger partial charge is 0.296 e. The third-order valence-corrected chi connectivity index (χ3v) is 5.94. The zero-order valence-electron chi connectivity index (χ0n) is 14.5. The summed E-state index contributed by atoms with van der Waals surface area (Å²) in [6.45, 7) is 0. The quantitative estimate of drug-likeness (QED) is 0.319. The summed E-state index contributed by atoms with van der Waals surface area (Å²) >= 11 is 8.40. The van der Waals surface area contributed by atoms with Crippen molar-refractivity contribution in [3.8, 4) is 0 Å². The molecule has 4 rings (SSSR count). The van der Waals surface area contributed by atoms with Crippen molar-refractivity contribution in [2.45, 2.75) is 10.9 Å². The number of rotatable bonds is 5. The van der Waals surface area contributed by atoms with E-state index in [9.17, 15) is 13.6 Å². The molecule has 0 spiro atoms. The fourth-order valence-electron chi connectivity index (χ4n) is 2.45. The van der Waals surface area contributed by atoms with Gasteiger partial charge < -0.3 is 0 Å². The Hall–Kier alpha value is -2.62. The Morgan fingerprint density at radius 3 is 2.83 bits per heavy atom. The molecule has 146 valence electrons. The number of thiazole rings is 1. The van der Waals surface area contributed by atoms with Gasteiger partial charge in [-0.25, -0.2) is 23.7 Å². The molecule has 2 aromatic carbocycles. The molecule has 1 N–H and O–H groups in total. The zero-order valence-corrected chi connectivity index (χ0v) is 16.9. The normalized spacial score (nSPS) is 11.0. The first kappa shape index (κ1) is 19.7. The standard InChI is InChI=1S/C19H11ClF2N4OS2/c20-12-8-23-18(28-9-10-3-1-2-4-13(10)22)25-16(12)17(27)26-19-24-14-6-5-11(21)7-15(14)29-19/h1-8H,9H2,(H,24,26,27). The summed E-state index contributed by atoms with van der Waals surface area (Å²) in [5.74, 6) is -0.961. The second-order valence-electron chi connectivity index (χ2n) is 5.81. The summed E-state index contributed by atoms with van der Waals surface area (Å²) in [5, 5.41) is 3.28. The average molecular weight is 449 g/mol. The number of hydrogen-bond acceptors (Lipinski definition) is 6. The van der Waals surface area contributed by atoms with Crippen molar-refractivity contribution in [3.63, 3.8) is 0 Å². The number of halogens is 3. The lowest BCUT2D eigenvalue weighted by atomic mass is 10.2. The van der Waals surface area contributed by atoms with Crippen molar-refractivity contribution < 1.29 is 13.6 Å². The van der Waals surface area contributed by atoms with Crippen molar-refractivity contribution in [2.75, 3.05) is 5.32 Å². The van der Waals surface area contributed by atoms with Gasteiger partial charge in [0.1, 0.15) is 11.6 Å². The number of aromatic nitrogens is 3. The fourth-order valence-corrected chi connectivity index (χ4v) is 4.31. The zero-order chi connectivity index (χ0) is 20.4. The molecule has 1 amide bonds. The van der Waals surface area contributed by atoms with E-state index in [0.717, 1.165) is 11.3 Å². The summed E-state index contributed by atoms with van der Waals surface area (Å²) < 4.78 is 27.7. The van der Waals surface area contributed by atoms with Crippen molar-refractivity contribution in [1.82, 2.24) is 15.0 Å². The second-order valence-corrected chi connectivity index (χ2v) is 8.19. The number of fused-ring (bicyclic) bond motifs is 1. The first-order valence-electron chi connectivity index (χ1n) is 8.26. The third-order valence-electron chi connectivity index (χ3n) is 3.82. The first-order valence-corrected chi connectivity index (χ1v) is 10.4. The van der Waals surface area contributed by atoms with E-state index in [-0.39, 0.29) is 27.5 Å². The highest BCUT2D eigenvalue weighted by Gasteiger charge is 2.17. The number of carbonyl (C=O) groups excluding carboxylic acids is 1. The Labute approximate surface area is 177 Å². The molecule has 0 fully saturated rings. The van der Waals surface area contributed by atoms with Gasteiger partial charge in [0.15, 0.2) is 16.0 Å². The molecule has 4 aromatic rings. The van der Waals surface area contributed by atoms with Crippen LogP contribution in [0.4, 0.5) is 13.9 Å². The lowest BCUT2D eigenvalue weighted by Gasteiger charge is -2.06. The lowest BCUT2D eigenvalue weighted by molar-refractivity contribution is 0.102. The molecule has 10 heteroatoms. The molecule has 5 nitrogen and oxygen atoms in total. The van der Waals surface area contributed by atoms with E-state index >= 15 is 0 Å². The molecule has 2 aromatic heterocycles. The van der Waals surface area contributed by atoms with E-state index < -0.39 is 5.91 Å². The number of thioether (sulfide) groups is 1. The minimum Gasteiger partial charge on any atom is -0.296 e. The van der Waals surface area contributed by atoms with Crippen LogP contribution in [0.15, 0.2) is 53.8 Å². The molecule has 2 heterocycles. The maximum Gasteiger partial charge on any atom is 0.277 e. The second kappa shape index (κ2) is 8.40. The predicted octanol–water partition coefficient (Wildman–Crippen LogP) is 5.56. The average Bonchev–Trinajstić information content (AvgIpc) is 3.09. The van der Waals surface area contributed by atoms with Crippen LogP contribution < -0.4 is 5.32 Å².